The molecule has 2 aromatic carbocycles. The smallest absolute Gasteiger partial charge is 0.254 e. The maximum Gasteiger partial charge on any atom is 0.254 e. The number of nitrogens with zero attached hydrogens (tertiary/aromatic N) is 1. The van der Waals surface area contributed by atoms with Crippen LogP contribution in [0.15, 0.2) is 53.0 Å². The second-order valence-electron chi connectivity index (χ2n) is 6.03. The van der Waals surface area contributed by atoms with E-state index in [4.69, 9.17) is 0 Å². The number of carbonyl (C=O) groups is 2. The van der Waals surface area contributed by atoms with Gasteiger partial charge in [-0.05, 0) is 65.2 Å². The number of carbonyl (C=O) groups excluding carboxylic acids is 2. The van der Waals surface area contributed by atoms with Crippen molar-refractivity contribution in [3.05, 3.63) is 69.9 Å². The number of benzene rings is 2. The van der Waals surface area contributed by atoms with E-state index in [1.54, 1.807) is 11.0 Å². The third kappa shape index (κ3) is 4.25. The average Bonchev–Trinajstić information content (AvgIpc) is 2.63. The molecule has 0 unspecified atom stereocenters. The van der Waals surface area contributed by atoms with Crippen molar-refractivity contribution in [2.75, 3.05) is 13.1 Å². The highest BCUT2D eigenvalue weighted by Gasteiger charge is 2.25. The molecule has 3 rings (SSSR count). The highest BCUT2D eigenvalue weighted by Crippen LogP contribution is 2.20. The van der Waals surface area contributed by atoms with Gasteiger partial charge >= 0.3 is 0 Å². The largest absolute Gasteiger partial charge is 0.349 e. The highest BCUT2D eigenvalue weighted by atomic mass is 79.9. The van der Waals surface area contributed by atoms with Crippen LogP contribution >= 0.6 is 15.9 Å². The van der Waals surface area contributed by atoms with Gasteiger partial charge in [-0.25, -0.2) is 4.39 Å². The standard InChI is InChI=1S/C19H18BrFN2O2/c20-17-4-2-1-3-16(17)19(25)23-11-9-15(10-12-23)22-18(24)13-5-7-14(21)8-6-13/h1-8,15H,9-12H2,(H,22,24). The van der Waals surface area contributed by atoms with Crippen LogP contribution in [0.2, 0.25) is 0 Å². The second-order valence-corrected chi connectivity index (χ2v) is 6.88. The summed E-state index contributed by atoms with van der Waals surface area (Å²) in [5, 5.41) is 2.96. The van der Waals surface area contributed by atoms with E-state index in [-0.39, 0.29) is 23.7 Å². The fraction of sp³-hybridized carbons (Fsp3) is 0.263. The van der Waals surface area contributed by atoms with Gasteiger partial charge in [-0.2, -0.15) is 0 Å². The lowest BCUT2D eigenvalue weighted by molar-refractivity contribution is 0.0697. The number of rotatable bonds is 3. The van der Waals surface area contributed by atoms with E-state index in [9.17, 15) is 14.0 Å². The Morgan fingerprint density at radius 2 is 1.68 bits per heavy atom. The van der Waals surface area contributed by atoms with Gasteiger partial charge in [0, 0.05) is 29.2 Å². The molecular formula is C19H18BrFN2O2. The molecule has 25 heavy (non-hydrogen) atoms. The predicted molar refractivity (Wildman–Crippen MR) is 96.9 cm³/mol. The summed E-state index contributed by atoms with van der Waals surface area (Å²) in [5.41, 5.74) is 1.09. The predicted octanol–water partition coefficient (Wildman–Crippen LogP) is 3.62. The number of halogens is 2. The molecule has 0 radical (unpaired) electrons. The monoisotopic (exact) mass is 404 g/mol. The molecule has 1 aliphatic rings. The Bertz CT molecular complexity index is 771. The van der Waals surface area contributed by atoms with Crippen molar-refractivity contribution in [1.29, 1.82) is 0 Å². The van der Waals surface area contributed by atoms with Crippen LogP contribution in [0.4, 0.5) is 4.39 Å². The Balaban J connectivity index is 1.55. The molecule has 130 valence electrons. The molecule has 2 amide bonds. The molecule has 4 nitrogen and oxygen atoms in total. The topological polar surface area (TPSA) is 49.4 Å². The lowest BCUT2D eigenvalue weighted by Crippen LogP contribution is -2.46. The molecule has 1 N–H and O–H groups in total. The fourth-order valence-corrected chi connectivity index (χ4v) is 3.36. The lowest BCUT2D eigenvalue weighted by atomic mass is 10.0. The minimum absolute atomic E-state index is 0.00390. The second kappa shape index (κ2) is 7.78. The molecule has 2 aromatic rings. The molecular weight excluding hydrogens is 387 g/mol. The average molecular weight is 405 g/mol. The fourth-order valence-electron chi connectivity index (χ4n) is 2.90. The molecule has 0 atom stereocenters. The van der Waals surface area contributed by atoms with Gasteiger partial charge in [0.2, 0.25) is 0 Å². The molecule has 1 heterocycles. The Morgan fingerprint density at radius 3 is 2.32 bits per heavy atom. The first-order valence-corrected chi connectivity index (χ1v) is 8.94. The summed E-state index contributed by atoms with van der Waals surface area (Å²) in [6.45, 7) is 1.18. The van der Waals surface area contributed by atoms with E-state index in [0.29, 0.717) is 37.1 Å². The SMILES string of the molecule is O=C(NC1CCN(C(=O)c2ccccc2Br)CC1)c1ccc(F)cc1. The van der Waals surface area contributed by atoms with Gasteiger partial charge in [0.15, 0.2) is 0 Å². The van der Waals surface area contributed by atoms with Crippen LogP contribution in [0.1, 0.15) is 33.6 Å². The van der Waals surface area contributed by atoms with E-state index in [1.165, 1.54) is 24.3 Å². The maximum absolute atomic E-state index is 12.9. The first-order chi connectivity index (χ1) is 12.0. The van der Waals surface area contributed by atoms with E-state index < -0.39 is 0 Å². The molecule has 0 spiro atoms. The van der Waals surface area contributed by atoms with E-state index in [1.807, 2.05) is 18.2 Å². The third-order valence-electron chi connectivity index (χ3n) is 4.33. The zero-order valence-electron chi connectivity index (χ0n) is 13.5. The number of amides is 2. The zero-order valence-corrected chi connectivity index (χ0v) is 15.1. The van der Waals surface area contributed by atoms with E-state index >= 15 is 0 Å². The first-order valence-electron chi connectivity index (χ1n) is 8.15. The van der Waals surface area contributed by atoms with Crippen molar-refractivity contribution in [3.8, 4) is 0 Å². The molecule has 0 saturated carbocycles. The molecule has 1 saturated heterocycles. The minimum atomic E-state index is -0.365. The van der Waals surface area contributed by atoms with Crippen molar-refractivity contribution in [2.45, 2.75) is 18.9 Å². The highest BCUT2D eigenvalue weighted by molar-refractivity contribution is 9.10. The molecule has 6 heteroatoms. The zero-order chi connectivity index (χ0) is 17.8. The number of likely N-dealkylation sites (tertiary alicyclic amines) is 1. The van der Waals surface area contributed by atoms with Gasteiger partial charge in [0.1, 0.15) is 5.82 Å². The van der Waals surface area contributed by atoms with Gasteiger partial charge in [-0.15, -0.1) is 0 Å². The first kappa shape index (κ1) is 17.6. The molecule has 0 aliphatic carbocycles. The molecule has 0 aromatic heterocycles. The van der Waals surface area contributed by atoms with Gasteiger partial charge in [-0.1, -0.05) is 12.1 Å². The third-order valence-corrected chi connectivity index (χ3v) is 5.02. The Hall–Kier alpha value is -2.21. The van der Waals surface area contributed by atoms with Crippen molar-refractivity contribution >= 4 is 27.7 Å². The van der Waals surface area contributed by atoms with Crippen LogP contribution in [0.3, 0.4) is 0 Å². The summed E-state index contributed by atoms with van der Waals surface area (Å²) in [7, 11) is 0. The van der Waals surface area contributed by atoms with Crippen LogP contribution in [-0.4, -0.2) is 35.8 Å². The number of piperidine rings is 1. The van der Waals surface area contributed by atoms with E-state index in [2.05, 4.69) is 21.2 Å². The van der Waals surface area contributed by atoms with Crippen LogP contribution in [0, 0.1) is 5.82 Å². The summed E-state index contributed by atoms with van der Waals surface area (Å²) in [5.74, 6) is -0.582. The summed E-state index contributed by atoms with van der Waals surface area (Å²) in [6, 6.07) is 12.9. The van der Waals surface area contributed by atoms with Crippen LogP contribution in [0.25, 0.3) is 0 Å². The van der Waals surface area contributed by atoms with Gasteiger partial charge in [0.05, 0.1) is 5.56 Å². The van der Waals surface area contributed by atoms with Crippen LogP contribution in [0.5, 0.6) is 0 Å². The summed E-state index contributed by atoms with van der Waals surface area (Å²) < 4.78 is 13.7. The van der Waals surface area contributed by atoms with Crippen LogP contribution < -0.4 is 5.32 Å². The molecule has 0 bridgehead atoms. The molecule has 1 fully saturated rings. The van der Waals surface area contributed by atoms with Crippen LogP contribution in [-0.2, 0) is 0 Å². The van der Waals surface area contributed by atoms with Gasteiger partial charge in [0.25, 0.3) is 11.8 Å². The maximum atomic E-state index is 12.9. The number of nitrogens with one attached hydrogen (secondary N) is 1. The van der Waals surface area contributed by atoms with Gasteiger partial charge in [-0.3, -0.25) is 9.59 Å². The summed E-state index contributed by atoms with van der Waals surface area (Å²) in [6.07, 6.45) is 1.40. The molecule has 1 aliphatic heterocycles. The summed E-state index contributed by atoms with van der Waals surface area (Å²) >= 11 is 3.41. The minimum Gasteiger partial charge on any atom is -0.349 e. The number of hydrogen-bond acceptors (Lipinski definition) is 2. The van der Waals surface area contributed by atoms with Crippen molar-refractivity contribution in [3.63, 3.8) is 0 Å². The summed E-state index contributed by atoms with van der Waals surface area (Å²) in [4.78, 5) is 26.6. The van der Waals surface area contributed by atoms with Crippen molar-refractivity contribution < 1.29 is 14.0 Å². The quantitative estimate of drug-likeness (QED) is 0.848. The van der Waals surface area contributed by atoms with Gasteiger partial charge < -0.3 is 10.2 Å². The Morgan fingerprint density at radius 1 is 1.04 bits per heavy atom. The normalized spacial score (nSPS) is 15.0. The Labute approximate surface area is 154 Å². The lowest BCUT2D eigenvalue weighted by Gasteiger charge is -2.32. The van der Waals surface area contributed by atoms with E-state index in [0.717, 1.165) is 4.47 Å². The van der Waals surface area contributed by atoms with Crippen molar-refractivity contribution in [1.82, 2.24) is 10.2 Å². The Kier molecular flexibility index (Phi) is 5.48. The number of hydrogen-bond donors (Lipinski definition) is 1. The van der Waals surface area contributed by atoms with Crippen molar-refractivity contribution in [2.24, 2.45) is 0 Å².